The predicted molar refractivity (Wildman–Crippen MR) is 139 cm³/mol. The number of ether oxygens (including phenoxy) is 3. The fraction of sp³-hybridized carbons (Fsp3) is 0.600. The van der Waals surface area contributed by atoms with Gasteiger partial charge in [-0.1, -0.05) is 25.1 Å². The molecule has 4 N–H and O–H groups in total. The van der Waals surface area contributed by atoms with E-state index < -0.39 is 0 Å². The van der Waals surface area contributed by atoms with Crippen LogP contribution in [-0.4, -0.2) is 55.9 Å². The Hall–Kier alpha value is -2.12. The van der Waals surface area contributed by atoms with Gasteiger partial charge in [0.2, 0.25) is 0 Å². The second kappa shape index (κ2) is 11.1. The van der Waals surface area contributed by atoms with E-state index in [0.717, 1.165) is 37.9 Å². The molecule has 196 valence electrons. The van der Waals surface area contributed by atoms with Gasteiger partial charge in [0.1, 0.15) is 18.1 Å². The van der Waals surface area contributed by atoms with Gasteiger partial charge in [-0.15, -0.1) is 0 Å². The molecule has 6 atom stereocenters. The number of hydrogen-bond donors (Lipinski definition) is 3. The summed E-state index contributed by atoms with van der Waals surface area (Å²) >= 11 is 0. The molecule has 0 amide bonds. The van der Waals surface area contributed by atoms with Gasteiger partial charge in [-0.3, -0.25) is 0 Å². The average Bonchev–Trinajstić information content (AvgIpc) is 3.19. The third-order valence-corrected chi connectivity index (χ3v) is 9.10. The maximum absolute atomic E-state index is 11.0. The van der Waals surface area contributed by atoms with Crippen molar-refractivity contribution < 1.29 is 24.4 Å². The fourth-order valence-electron chi connectivity index (χ4n) is 7.43. The van der Waals surface area contributed by atoms with Crippen LogP contribution in [0.3, 0.4) is 0 Å². The number of aliphatic hydroxyl groups excluding tert-OH is 1. The first kappa shape index (κ1) is 25.5. The SMILES string of the molecule is CC12CC(c3ccc(OCCOCCOCCN)cc3)C3c4ccc(O)cc4CCC3C1CCC2O. The molecule has 5 rings (SSSR count). The van der Waals surface area contributed by atoms with Crippen molar-refractivity contribution in [3.63, 3.8) is 0 Å². The van der Waals surface area contributed by atoms with E-state index >= 15 is 0 Å². The Kier molecular flexibility index (Phi) is 7.87. The smallest absolute Gasteiger partial charge is 0.119 e. The third-order valence-electron chi connectivity index (χ3n) is 9.10. The molecule has 2 fully saturated rings. The van der Waals surface area contributed by atoms with Crippen LogP contribution in [0.2, 0.25) is 0 Å². The number of aromatic hydroxyl groups is 1. The highest BCUT2D eigenvalue weighted by Gasteiger charge is 2.57. The molecule has 2 saturated carbocycles. The highest BCUT2D eigenvalue weighted by molar-refractivity contribution is 5.43. The molecule has 36 heavy (non-hydrogen) atoms. The average molecular weight is 496 g/mol. The second-order valence-electron chi connectivity index (χ2n) is 11.1. The topological polar surface area (TPSA) is 94.2 Å². The van der Waals surface area contributed by atoms with E-state index in [9.17, 15) is 10.2 Å². The van der Waals surface area contributed by atoms with Crippen molar-refractivity contribution in [1.29, 1.82) is 0 Å². The van der Waals surface area contributed by atoms with Gasteiger partial charge in [0.15, 0.2) is 0 Å². The van der Waals surface area contributed by atoms with Gasteiger partial charge in [0.05, 0.1) is 32.5 Å². The van der Waals surface area contributed by atoms with E-state index in [1.54, 1.807) is 0 Å². The Labute approximate surface area is 214 Å². The largest absolute Gasteiger partial charge is 0.508 e. The molecular weight excluding hydrogens is 454 g/mol. The van der Waals surface area contributed by atoms with Gasteiger partial charge >= 0.3 is 0 Å². The third kappa shape index (κ3) is 5.01. The lowest BCUT2D eigenvalue weighted by Gasteiger charge is -2.54. The maximum atomic E-state index is 11.0. The van der Waals surface area contributed by atoms with Gasteiger partial charge < -0.3 is 30.2 Å². The van der Waals surface area contributed by atoms with Crippen molar-refractivity contribution in [2.45, 2.75) is 57.0 Å². The number of aliphatic hydroxyl groups is 1. The molecule has 0 aliphatic heterocycles. The van der Waals surface area contributed by atoms with Gasteiger partial charge in [0, 0.05) is 6.54 Å². The monoisotopic (exact) mass is 495 g/mol. The molecule has 0 bridgehead atoms. The molecule has 2 aromatic rings. The summed E-state index contributed by atoms with van der Waals surface area (Å²) in [4.78, 5) is 0. The molecule has 6 heteroatoms. The molecular formula is C30H41NO5. The first-order valence-electron chi connectivity index (χ1n) is 13.6. The molecule has 0 radical (unpaired) electrons. The van der Waals surface area contributed by atoms with Crippen LogP contribution in [0.1, 0.15) is 61.1 Å². The van der Waals surface area contributed by atoms with Gasteiger partial charge in [0.25, 0.3) is 0 Å². The predicted octanol–water partition coefficient (Wildman–Crippen LogP) is 4.37. The number of rotatable bonds is 10. The van der Waals surface area contributed by atoms with Crippen LogP contribution >= 0.6 is 0 Å². The molecule has 0 saturated heterocycles. The maximum Gasteiger partial charge on any atom is 0.119 e. The Morgan fingerprint density at radius 2 is 1.69 bits per heavy atom. The number of nitrogens with two attached hydrogens (primary N) is 1. The number of aryl methyl sites for hydroxylation is 1. The van der Waals surface area contributed by atoms with Crippen LogP contribution in [0, 0.1) is 17.3 Å². The second-order valence-corrected chi connectivity index (χ2v) is 11.1. The van der Waals surface area contributed by atoms with E-state index in [4.69, 9.17) is 19.9 Å². The molecule has 2 aromatic carbocycles. The lowest BCUT2D eigenvalue weighted by molar-refractivity contribution is -0.0323. The summed E-state index contributed by atoms with van der Waals surface area (Å²) in [5.74, 6) is 3.06. The van der Waals surface area contributed by atoms with Crippen LogP contribution in [0.15, 0.2) is 42.5 Å². The number of phenolic OH excluding ortho intramolecular Hbond substituents is 1. The summed E-state index contributed by atoms with van der Waals surface area (Å²) < 4.78 is 16.8. The summed E-state index contributed by atoms with van der Waals surface area (Å²) in [6.07, 6.45) is 4.92. The van der Waals surface area contributed by atoms with Crippen LogP contribution in [0.5, 0.6) is 11.5 Å². The standard InChI is InChI=1S/C30H41NO5/c1-30-19-26(20-2-6-23(7-3-20)36-17-16-35-15-14-34-13-12-31)29-24-9-5-22(32)18-21(24)4-8-25(29)27(30)10-11-28(30)33/h2-3,5-7,9,18,25-29,32-33H,4,8,10-17,19,31H2,1H3. The van der Waals surface area contributed by atoms with Crippen LogP contribution in [0.4, 0.5) is 0 Å². The van der Waals surface area contributed by atoms with Crippen molar-refractivity contribution in [1.82, 2.24) is 0 Å². The molecule has 3 aliphatic carbocycles. The van der Waals surface area contributed by atoms with E-state index in [2.05, 4.69) is 37.3 Å². The summed E-state index contributed by atoms with van der Waals surface area (Å²) in [5.41, 5.74) is 9.35. The van der Waals surface area contributed by atoms with E-state index in [1.807, 2.05) is 12.1 Å². The van der Waals surface area contributed by atoms with Crippen molar-refractivity contribution in [2.75, 3.05) is 39.6 Å². The molecule has 3 aliphatic rings. The van der Waals surface area contributed by atoms with Crippen molar-refractivity contribution in [3.05, 3.63) is 59.2 Å². The van der Waals surface area contributed by atoms with Crippen molar-refractivity contribution in [3.8, 4) is 11.5 Å². The number of phenols is 1. The van der Waals surface area contributed by atoms with Crippen LogP contribution in [0.25, 0.3) is 0 Å². The van der Waals surface area contributed by atoms with Crippen LogP contribution < -0.4 is 10.5 Å². The van der Waals surface area contributed by atoms with Gasteiger partial charge in [-0.05, 0) is 102 Å². The minimum atomic E-state index is -0.226. The Bertz CT molecular complexity index is 1010. The van der Waals surface area contributed by atoms with E-state index in [0.29, 0.717) is 69.0 Å². The van der Waals surface area contributed by atoms with Crippen LogP contribution in [-0.2, 0) is 15.9 Å². The molecule has 0 heterocycles. The molecule has 0 aromatic heterocycles. The number of fused-ring (bicyclic) bond motifs is 5. The molecule has 6 unspecified atom stereocenters. The zero-order valence-corrected chi connectivity index (χ0v) is 21.4. The highest BCUT2D eigenvalue weighted by Crippen LogP contribution is 2.65. The minimum absolute atomic E-state index is 0.0410. The Morgan fingerprint density at radius 1 is 0.944 bits per heavy atom. The Morgan fingerprint density at radius 3 is 2.47 bits per heavy atom. The summed E-state index contributed by atoms with van der Waals surface area (Å²) in [6.45, 7) is 5.50. The van der Waals surface area contributed by atoms with Crippen molar-refractivity contribution >= 4 is 0 Å². The first-order valence-corrected chi connectivity index (χ1v) is 13.6. The lowest BCUT2D eigenvalue weighted by atomic mass is 9.51. The zero-order chi connectivity index (χ0) is 25.1. The summed E-state index contributed by atoms with van der Waals surface area (Å²) in [6, 6.07) is 14.5. The fourth-order valence-corrected chi connectivity index (χ4v) is 7.43. The minimum Gasteiger partial charge on any atom is -0.508 e. The summed E-state index contributed by atoms with van der Waals surface area (Å²) in [5, 5.41) is 21.1. The van der Waals surface area contributed by atoms with E-state index in [-0.39, 0.29) is 11.5 Å². The lowest BCUT2D eigenvalue weighted by Crippen LogP contribution is -2.47. The zero-order valence-electron chi connectivity index (χ0n) is 21.4. The number of hydrogen-bond acceptors (Lipinski definition) is 6. The number of benzene rings is 2. The normalized spacial score (nSPS) is 30.9. The quantitative estimate of drug-likeness (QED) is 0.424. The van der Waals surface area contributed by atoms with E-state index in [1.165, 1.54) is 16.7 Å². The molecule has 6 nitrogen and oxygen atoms in total. The summed E-state index contributed by atoms with van der Waals surface area (Å²) in [7, 11) is 0. The molecule has 0 spiro atoms. The highest BCUT2D eigenvalue weighted by atomic mass is 16.5. The Balaban J connectivity index is 1.30. The van der Waals surface area contributed by atoms with Crippen molar-refractivity contribution in [2.24, 2.45) is 23.0 Å². The first-order chi connectivity index (χ1) is 17.5. The van der Waals surface area contributed by atoms with Gasteiger partial charge in [-0.2, -0.15) is 0 Å². The van der Waals surface area contributed by atoms with Gasteiger partial charge in [-0.25, -0.2) is 0 Å².